The predicted octanol–water partition coefficient (Wildman–Crippen LogP) is 1.94. The Morgan fingerprint density at radius 3 is 3.00 bits per heavy atom. The first-order valence-electron chi connectivity index (χ1n) is 5.34. The quantitative estimate of drug-likeness (QED) is 0.406. The summed E-state index contributed by atoms with van der Waals surface area (Å²) >= 11 is 1.81. The smallest absolute Gasteiger partial charge is 0.0462 e. The molecule has 1 unspecified atom stereocenters. The Bertz CT molecular complexity index is 239. The zero-order valence-electron chi connectivity index (χ0n) is 9.24. The monoisotopic (exact) mass is 228 g/mol. The van der Waals surface area contributed by atoms with Crippen molar-refractivity contribution in [3.05, 3.63) is 22.4 Å². The summed E-state index contributed by atoms with van der Waals surface area (Å²) in [4.78, 5) is 1.43. The SMILES string of the molecule is COCCCC(CCc1cccs1)NN. The van der Waals surface area contributed by atoms with Crippen LogP contribution < -0.4 is 11.3 Å². The van der Waals surface area contributed by atoms with Crippen LogP contribution in [0.1, 0.15) is 24.1 Å². The van der Waals surface area contributed by atoms with E-state index < -0.39 is 0 Å². The van der Waals surface area contributed by atoms with E-state index in [2.05, 4.69) is 22.9 Å². The second-order valence-corrected chi connectivity index (χ2v) is 4.65. The molecule has 0 aliphatic carbocycles. The number of nitrogens with one attached hydrogen (secondary N) is 1. The number of hydrazine groups is 1. The van der Waals surface area contributed by atoms with E-state index in [0.29, 0.717) is 6.04 Å². The maximum absolute atomic E-state index is 5.51. The summed E-state index contributed by atoms with van der Waals surface area (Å²) in [5.74, 6) is 5.51. The molecule has 15 heavy (non-hydrogen) atoms. The standard InChI is InChI=1S/C11H20N2OS/c1-14-8-2-4-10(13-12)6-7-11-5-3-9-15-11/h3,5,9-10,13H,2,4,6-8,12H2,1H3. The van der Waals surface area contributed by atoms with Gasteiger partial charge in [0.05, 0.1) is 0 Å². The summed E-state index contributed by atoms with van der Waals surface area (Å²) in [5.41, 5.74) is 2.87. The fourth-order valence-corrected chi connectivity index (χ4v) is 2.28. The van der Waals surface area contributed by atoms with Crippen LogP contribution in [0.2, 0.25) is 0 Å². The van der Waals surface area contributed by atoms with Gasteiger partial charge in [0.2, 0.25) is 0 Å². The molecule has 0 aliphatic rings. The third kappa shape index (κ3) is 5.28. The number of thiophene rings is 1. The molecular weight excluding hydrogens is 208 g/mol. The van der Waals surface area contributed by atoms with Crippen molar-refractivity contribution in [1.82, 2.24) is 5.43 Å². The van der Waals surface area contributed by atoms with Crippen LogP contribution in [0, 0.1) is 0 Å². The summed E-state index contributed by atoms with van der Waals surface area (Å²) in [6.45, 7) is 0.817. The first-order valence-corrected chi connectivity index (χ1v) is 6.22. The molecule has 0 amide bonds. The highest BCUT2D eigenvalue weighted by Gasteiger charge is 2.06. The van der Waals surface area contributed by atoms with Crippen LogP contribution in [-0.4, -0.2) is 19.8 Å². The molecule has 1 atom stereocenters. The second kappa shape index (κ2) is 7.82. The topological polar surface area (TPSA) is 47.3 Å². The molecule has 0 saturated heterocycles. The van der Waals surface area contributed by atoms with Crippen molar-refractivity contribution >= 4 is 11.3 Å². The highest BCUT2D eigenvalue weighted by Crippen LogP contribution is 2.13. The zero-order chi connectivity index (χ0) is 10.9. The van der Waals surface area contributed by atoms with Crippen molar-refractivity contribution in [2.24, 2.45) is 5.84 Å². The van der Waals surface area contributed by atoms with Gasteiger partial charge in [-0.15, -0.1) is 11.3 Å². The van der Waals surface area contributed by atoms with Gasteiger partial charge in [-0.3, -0.25) is 11.3 Å². The van der Waals surface area contributed by atoms with Crippen LogP contribution in [-0.2, 0) is 11.2 Å². The van der Waals surface area contributed by atoms with E-state index >= 15 is 0 Å². The number of nitrogens with two attached hydrogens (primary N) is 1. The maximum atomic E-state index is 5.51. The Labute approximate surface area is 95.6 Å². The maximum Gasteiger partial charge on any atom is 0.0462 e. The van der Waals surface area contributed by atoms with Gasteiger partial charge in [0.1, 0.15) is 0 Å². The van der Waals surface area contributed by atoms with Gasteiger partial charge in [0.15, 0.2) is 0 Å². The van der Waals surface area contributed by atoms with Crippen LogP contribution >= 0.6 is 11.3 Å². The van der Waals surface area contributed by atoms with Crippen LogP contribution in [0.25, 0.3) is 0 Å². The van der Waals surface area contributed by atoms with Crippen LogP contribution in [0.5, 0.6) is 0 Å². The Balaban J connectivity index is 2.16. The summed E-state index contributed by atoms with van der Waals surface area (Å²) in [5, 5.41) is 2.12. The van der Waals surface area contributed by atoms with E-state index in [4.69, 9.17) is 10.6 Å². The summed E-state index contributed by atoms with van der Waals surface area (Å²) < 4.78 is 5.02. The molecule has 4 heteroatoms. The molecule has 1 heterocycles. The number of rotatable bonds is 8. The zero-order valence-corrected chi connectivity index (χ0v) is 10.1. The fourth-order valence-electron chi connectivity index (χ4n) is 1.56. The van der Waals surface area contributed by atoms with Gasteiger partial charge in [-0.05, 0) is 37.1 Å². The average molecular weight is 228 g/mol. The molecule has 0 aromatic carbocycles. The molecule has 0 fully saturated rings. The minimum atomic E-state index is 0.405. The lowest BCUT2D eigenvalue weighted by atomic mass is 10.1. The normalized spacial score (nSPS) is 12.9. The number of aryl methyl sites for hydroxylation is 1. The largest absolute Gasteiger partial charge is 0.385 e. The Morgan fingerprint density at radius 2 is 2.40 bits per heavy atom. The van der Waals surface area contributed by atoms with Crippen molar-refractivity contribution in [3.8, 4) is 0 Å². The van der Waals surface area contributed by atoms with Crippen LogP contribution in [0.15, 0.2) is 17.5 Å². The molecule has 0 spiro atoms. The van der Waals surface area contributed by atoms with Crippen molar-refractivity contribution in [2.45, 2.75) is 31.7 Å². The molecular formula is C11H20N2OS. The third-order valence-corrected chi connectivity index (χ3v) is 3.39. The van der Waals surface area contributed by atoms with Gasteiger partial charge in [0, 0.05) is 24.6 Å². The highest BCUT2D eigenvalue weighted by atomic mass is 32.1. The minimum Gasteiger partial charge on any atom is -0.385 e. The number of hydrogen-bond acceptors (Lipinski definition) is 4. The fraction of sp³-hybridized carbons (Fsp3) is 0.636. The molecule has 3 N–H and O–H groups in total. The predicted molar refractivity (Wildman–Crippen MR) is 64.9 cm³/mol. The summed E-state index contributed by atoms with van der Waals surface area (Å²) in [6.07, 6.45) is 4.35. The molecule has 0 saturated carbocycles. The van der Waals surface area contributed by atoms with Gasteiger partial charge in [0.25, 0.3) is 0 Å². The first-order chi connectivity index (χ1) is 7.36. The van der Waals surface area contributed by atoms with Crippen LogP contribution in [0.3, 0.4) is 0 Å². The van der Waals surface area contributed by atoms with Gasteiger partial charge in [-0.1, -0.05) is 6.07 Å². The van der Waals surface area contributed by atoms with Gasteiger partial charge in [-0.2, -0.15) is 0 Å². The lowest BCUT2D eigenvalue weighted by molar-refractivity contribution is 0.188. The van der Waals surface area contributed by atoms with E-state index in [1.165, 1.54) is 4.88 Å². The molecule has 0 aliphatic heterocycles. The molecule has 0 bridgehead atoms. The van der Waals surface area contributed by atoms with E-state index in [1.54, 1.807) is 7.11 Å². The average Bonchev–Trinajstić information content (AvgIpc) is 2.76. The van der Waals surface area contributed by atoms with E-state index in [-0.39, 0.29) is 0 Å². The third-order valence-electron chi connectivity index (χ3n) is 2.46. The number of hydrogen-bond donors (Lipinski definition) is 2. The lowest BCUT2D eigenvalue weighted by Gasteiger charge is -2.14. The second-order valence-electron chi connectivity index (χ2n) is 3.62. The Hall–Kier alpha value is -0.420. The van der Waals surface area contributed by atoms with E-state index in [9.17, 15) is 0 Å². The van der Waals surface area contributed by atoms with Gasteiger partial charge < -0.3 is 4.74 Å². The van der Waals surface area contributed by atoms with Gasteiger partial charge in [-0.25, -0.2) is 0 Å². The van der Waals surface area contributed by atoms with Crippen LogP contribution in [0.4, 0.5) is 0 Å². The first kappa shape index (κ1) is 12.6. The number of methoxy groups -OCH3 is 1. The van der Waals surface area contributed by atoms with E-state index in [1.807, 2.05) is 11.3 Å². The Kier molecular flexibility index (Phi) is 6.59. The van der Waals surface area contributed by atoms with Crippen molar-refractivity contribution in [3.63, 3.8) is 0 Å². The minimum absolute atomic E-state index is 0.405. The lowest BCUT2D eigenvalue weighted by Crippen LogP contribution is -2.35. The molecule has 0 radical (unpaired) electrons. The molecule has 3 nitrogen and oxygen atoms in total. The summed E-state index contributed by atoms with van der Waals surface area (Å²) in [6, 6.07) is 4.67. The van der Waals surface area contributed by atoms with Crippen molar-refractivity contribution in [2.75, 3.05) is 13.7 Å². The summed E-state index contributed by atoms with van der Waals surface area (Å²) in [7, 11) is 1.73. The molecule has 1 aromatic heterocycles. The van der Waals surface area contributed by atoms with Gasteiger partial charge >= 0.3 is 0 Å². The number of ether oxygens (including phenoxy) is 1. The Morgan fingerprint density at radius 1 is 1.53 bits per heavy atom. The molecule has 86 valence electrons. The molecule has 1 aromatic rings. The van der Waals surface area contributed by atoms with Crippen molar-refractivity contribution < 1.29 is 4.74 Å². The molecule has 1 rings (SSSR count). The van der Waals surface area contributed by atoms with Crippen molar-refractivity contribution in [1.29, 1.82) is 0 Å². The van der Waals surface area contributed by atoms with E-state index in [0.717, 1.165) is 32.3 Å². The highest BCUT2D eigenvalue weighted by molar-refractivity contribution is 7.09.